The van der Waals surface area contributed by atoms with Crippen LogP contribution in [0.1, 0.15) is 24.0 Å². The number of nitrogens with one attached hydrogen (secondary N) is 2. The number of aromatic nitrogens is 3. The molecule has 30 heavy (non-hydrogen) atoms. The lowest BCUT2D eigenvalue weighted by Gasteiger charge is -2.31. The number of thiazole rings is 1. The van der Waals surface area contributed by atoms with Gasteiger partial charge in [0.15, 0.2) is 5.13 Å². The minimum absolute atomic E-state index is 0.00364. The number of fused-ring (bicyclic) bond motifs is 2. The molecule has 4 heterocycles. The van der Waals surface area contributed by atoms with E-state index in [9.17, 15) is 4.79 Å². The molecule has 154 valence electrons. The predicted molar refractivity (Wildman–Crippen MR) is 122 cm³/mol. The monoisotopic (exact) mass is 419 g/mol. The molecule has 2 N–H and O–H groups in total. The third kappa shape index (κ3) is 3.77. The van der Waals surface area contributed by atoms with Gasteiger partial charge >= 0.3 is 0 Å². The summed E-state index contributed by atoms with van der Waals surface area (Å²) in [7, 11) is 0. The number of benzene rings is 1. The van der Waals surface area contributed by atoms with E-state index in [0.717, 1.165) is 53.3 Å². The highest BCUT2D eigenvalue weighted by molar-refractivity contribution is 7.21. The standard InChI is InChI=1S/C23H25N5OS/c1-15-6-7-19-18(12-15)16(13-26-19)8-10-24-21(29)17-4-3-11-28(14-17)23-27-20-5-2-9-25-22(20)30-23/h2,5-7,9,12-13,17,26H,3-4,8,10-11,14H2,1H3,(H,24,29)/t17-/m0/s1. The number of piperidine rings is 1. The van der Waals surface area contributed by atoms with Crippen molar-refractivity contribution >= 4 is 43.6 Å². The van der Waals surface area contributed by atoms with Crippen molar-refractivity contribution in [2.45, 2.75) is 26.2 Å². The maximum Gasteiger partial charge on any atom is 0.224 e. The summed E-state index contributed by atoms with van der Waals surface area (Å²) in [6, 6.07) is 10.3. The molecule has 1 aromatic carbocycles. The van der Waals surface area contributed by atoms with Crippen LogP contribution in [0.2, 0.25) is 0 Å². The van der Waals surface area contributed by atoms with Crippen LogP contribution in [0.3, 0.4) is 0 Å². The second-order valence-electron chi connectivity index (χ2n) is 8.01. The number of aryl methyl sites for hydroxylation is 1. The summed E-state index contributed by atoms with van der Waals surface area (Å²) < 4.78 is 0. The minimum atomic E-state index is 0.00364. The summed E-state index contributed by atoms with van der Waals surface area (Å²) in [5.41, 5.74) is 4.58. The van der Waals surface area contributed by atoms with Gasteiger partial charge in [-0.05, 0) is 56.0 Å². The molecule has 7 heteroatoms. The zero-order valence-electron chi connectivity index (χ0n) is 17.0. The molecule has 0 saturated carbocycles. The first-order valence-electron chi connectivity index (χ1n) is 10.5. The summed E-state index contributed by atoms with van der Waals surface area (Å²) in [6.07, 6.45) is 6.61. The molecule has 0 radical (unpaired) electrons. The number of nitrogens with zero attached hydrogens (tertiary/aromatic N) is 3. The highest BCUT2D eigenvalue weighted by atomic mass is 32.1. The molecule has 0 unspecified atom stereocenters. The Balaban J connectivity index is 1.20. The Hall–Kier alpha value is -2.93. The van der Waals surface area contributed by atoms with Crippen LogP contribution in [0.15, 0.2) is 42.7 Å². The van der Waals surface area contributed by atoms with Crippen LogP contribution in [-0.4, -0.2) is 40.5 Å². The fourth-order valence-corrected chi connectivity index (χ4v) is 5.17. The van der Waals surface area contributed by atoms with Crippen molar-refractivity contribution in [3.8, 4) is 0 Å². The predicted octanol–water partition coefficient (Wildman–Crippen LogP) is 4.06. The van der Waals surface area contributed by atoms with E-state index in [-0.39, 0.29) is 11.8 Å². The van der Waals surface area contributed by atoms with E-state index in [4.69, 9.17) is 4.98 Å². The van der Waals surface area contributed by atoms with Gasteiger partial charge in [-0.3, -0.25) is 4.79 Å². The van der Waals surface area contributed by atoms with Gasteiger partial charge in [-0.25, -0.2) is 9.97 Å². The van der Waals surface area contributed by atoms with Crippen LogP contribution in [0, 0.1) is 12.8 Å². The molecule has 1 aliphatic rings. The van der Waals surface area contributed by atoms with Gasteiger partial charge in [0.25, 0.3) is 0 Å². The Morgan fingerprint density at radius 2 is 2.30 bits per heavy atom. The van der Waals surface area contributed by atoms with Gasteiger partial charge < -0.3 is 15.2 Å². The molecule has 1 amide bonds. The van der Waals surface area contributed by atoms with Gasteiger partial charge in [-0.2, -0.15) is 0 Å². The molecule has 1 saturated heterocycles. The average molecular weight is 420 g/mol. The maximum absolute atomic E-state index is 12.8. The normalized spacial score (nSPS) is 17.0. The first-order valence-corrected chi connectivity index (χ1v) is 11.3. The van der Waals surface area contributed by atoms with E-state index in [2.05, 4.69) is 51.5 Å². The molecule has 0 bridgehead atoms. The quantitative estimate of drug-likeness (QED) is 0.512. The molecular formula is C23H25N5OS. The summed E-state index contributed by atoms with van der Waals surface area (Å²) in [5.74, 6) is 0.152. The number of hydrogen-bond acceptors (Lipinski definition) is 5. The first kappa shape index (κ1) is 19.1. The molecular weight excluding hydrogens is 394 g/mol. The number of carbonyl (C=O) groups is 1. The van der Waals surface area contributed by atoms with Crippen molar-refractivity contribution in [1.82, 2.24) is 20.3 Å². The van der Waals surface area contributed by atoms with Gasteiger partial charge in [0.2, 0.25) is 5.91 Å². The zero-order valence-corrected chi connectivity index (χ0v) is 17.8. The van der Waals surface area contributed by atoms with E-state index in [0.29, 0.717) is 6.54 Å². The number of pyridine rings is 1. The van der Waals surface area contributed by atoms with Crippen molar-refractivity contribution < 1.29 is 4.79 Å². The van der Waals surface area contributed by atoms with Crippen LogP contribution in [-0.2, 0) is 11.2 Å². The fourth-order valence-electron chi connectivity index (χ4n) is 4.22. The van der Waals surface area contributed by atoms with Crippen LogP contribution in [0.5, 0.6) is 0 Å². The van der Waals surface area contributed by atoms with E-state index in [1.807, 2.05) is 12.1 Å². The average Bonchev–Trinajstić information content (AvgIpc) is 3.38. The molecule has 0 aliphatic carbocycles. The number of H-pyrrole nitrogens is 1. The summed E-state index contributed by atoms with van der Waals surface area (Å²) >= 11 is 1.60. The molecule has 1 fully saturated rings. The highest BCUT2D eigenvalue weighted by Gasteiger charge is 2.27. The second-order valence-corrected chi connectivity index (χ2v) is 8.97. The molecule has 5 rings (SSSR count). The van der Waals surface area contributed by atoms with Crippen LogP contribution >= 0.6 is 11.3 Å². The zero-order chi connectivity index (χ0) is 20.5. The Morgan fingerprint density at radius 3 is 3.20 bits per heavy atom. The van der Waals surface area contributed by atoms with E-state index in [1.165, 1.54) is 16.5 Å². The van der Waals surface area contributed by atoms with Crippen molar-refractivity contribution in [3.63, 3.8) is 0 Å². The molecule has 1 atom stereocenters. The van der Waals surface area contributed by atoms with E-state index >= 15 is 0 Å². The summed E-state index contributed by atoms with van der Waals surface area (Å²) in [4.78, 5) is 28.4. The minimum Gasteiger partial charge on any atom is -0.361 e. The lowest BCUT2D eigenvalue weighted by Crippen LogP contribution is -2.43. The van der Waals surface area contributed by atoms with E-state index in [1.54, 1.807) is 17.5 Å². The lowest BCUT2D eigenvalue weighted by molar-refractivity contribution is -0.125. The third-order valence-electron chi connectivity index (χ3n) is 5.83. The Labute approximate surface area is 179 Å². The number of anilines is 1. The van der Waals surface area contributed by atoms with Crippen LogP contribution in [0.25, 0.3) is 21.3 Å². The smallest absolute Gasteiger partial charge is 0.224 e. The first-order chi connectivity index (χ1) is 14.7. The van der Waals surface area contributed by atoms with Crippen molar-refractivity contribution in [3.05, 3.63) is 53.9 Å². The van der Waals surface area contributed by atoms with Gasteiger partial charge in [-0.15, -0.1) is 0 Å². The Kier molecular flexibility index (Phi) is 5.12. The maximum atomic E-state index is 12.8. The van der Waals surface area contributed by atoms with E-state index < -0.39 is 0 Å². The van der Waals surface area contributed by atoms with Gasteiger partial charge in [-0.1, -0.05) is 23.0 Å². The van der Waals surface area contributed by atoms with Crippen molar-refractivity contribution in [2.75, 3.05) is 24.5 Å². The van der Waals surface area contributed by atoms with Crippen molar-refractivity contribution in [1.29, 1.82) is 0 Å². The van der Waals surface area contributed by atoms with Gasteiger partial charge in [0.1, 0.15) is 10.3 Å². The second kappa shape index (κ2) is 8.07. The molecule has 6 nitrogen and oxygen atoms in total. The number of aromatic amines is 1. The SMILES string of the molecule is Cc1ccc2[nH]cc(CCNC(=O)[C@H]3CCCN(c4nc5cccnc5s4)C3)c2c1. The topological polar surface area (TPSA) is 73.9 Å². The number of rotatable bonds is 5. The number of hydrogen-bond donors (Lipinski definition) is 2. The Bertz CT molecular complexity index is 1160. The third-order valence-corrected chi connectivity index (χ3v) is 6.87. The highest BCUT2D eigenvalue weighted by Crippen LogP contribution is 2.30. The molecule has 4 aromatic rings. The largest absolute Gasteiger partial charge is 0.361 e. The number of amides is 1. The fraction of sp³-hybridized carbons (Fsp3) is 0.348. The Morgan fingerprint density at radius 1 is 1.37 bits per heavy atom. The lowest BCUT2D eigenvalue weighted by atomic mass is 9.97. The summed E-state index contributed by atoms with van der Waals surface area (Å²) in [6.45, 7) is 4.42. The van der Waals surface area contributed by atoms with Gasteiger partial charge in [0, 0.05) is 42.9 Å². The molecule has 1 aliphatic heterocycles. The van der Waals surface area contributed by atoms with Crippen LogP contribution in [0.4, 0.5) is 5.13 Å². The van der Waals surface area contributed by atoms with Gasteiger partial charge in [0.05, 0.1) is 5.92 Å². The van der Waals surface area contributed by atoms with Crippen LogP contribution < -0.4 is 10.2 Å². The number of carbonyl (C=O) groups excluding carboxylic acids is 1. The molecule has 3 aromatic heterocycles. The van der Waals surface area contributed by atoms with Crippen molar-refractivity contribution in [2.24, 2.45) is 5.92 Å². The molecule has 0 spiro atoms. The summed E-state index contributed by atoms with van der Waals surface area (Å²) in [5, 5.41) is 5.38.